The number of nitrogens with two attached hydrogens (primary N) is 1. The molecule has 0 aliphatic heterocycles. The van der Waals surface area contributed by atoms with Gasteiger partial charge in [-0.15, -0.1) is 0 Å². The Labute approximate surface area is 118 Å². The van der Waals surface area contributed by atoms with Crippen LogP contribution in [-0.2, 0) is 4.79 Å². The van der Waals surface area contributed by atoms with Crippen molar-refractivity contribution < 1.29 is 4.79 Å². The zero-order valence-electron chi connectivity index (χ0n) is 10.6. The van der Waals surface area contributed by atoms with Gasteiger partial charge in [0.05, 0.1) is 4.99 Å². The van der Waals surface area contributed by atoms with Crippen molar-refractivity contribution in [2.45, 2.75) is 5.92 Å². The first-order chi connectivity index (χ1) is 8.57. The number of nitrogens with zero attached hydrogens (tertiary/aromatic N) is 1. The lowest BCUT2D eigenvalue weighted by Crippen LogP contribution is -2.38. The summed E-state index contributed by atoms with van der Waals surface area (Å²) >= 11 is 6.74. The van der Waals surface area contributed by atoms with E-state index < -0.39 is 5.92 Å². The molecule has 3 nitrogen and oxygen atoms in total. The standard InChI is InChI=1S/C13H18N2OS2/c1-15(8-9-18-2)13(16)11(12(14)17)10-6-4-3-5-7-10/h3-7,11H,8-9H2,1-2H3,(H2,14,17). The fourth-order valence-corrected chi connectivity index (χ4v) is 2.33. The van der Waals surface area contributed by atoms with Crippen molar-refractivity contribution in [1.82, 2.24) is 4.90 Å². The van der Waals surface area contributed by atoms with Gasteiger partial charge in [-0.3, -0.25) is 4.79 Å². The number of benzene rings is 1. The molecule has 1 atom stereocenters. The van der Waals surface area contributed by atoms with Crippen LogP contribution in [0, 0.1) is 0 Å². The van der Waals surface area contributed by atoms with Crippen LogP contribution in [0.4, 0.5) is 0 Å². The van der Waals surface area contributed by atoms with Crippen LogP contribution in [0.3, 0.4) is 0 Å². The summed E-state index contributed by atoms with van der Waals surface area (Å²) in [4.78, 5) is 14.3. The lowest BCUT2D eigenvalue weighted by molar-refractivity contribution is -0.129. The fraction of sp³-hybridized carbons (Fsp3) is 0.385. The van der Waals surface area contributed by atoms with E-state index in [-0.39, 0.29) is 10.9 Å². The van der Waals surface area contributed by atoms with Gasteiger partial charge in [0.15, 0.2) is 0 Å². The second-order valence-corrected chi connectivity index (χ2v) is 5.46. The molecule has 0 aromatic heterocycles. The van der Waals surface area contributed by atoms with Crippen molar-refractivity contribution >= 4 is 34.9 Å². The maximum Gasteiger partial charge on any atom is 0.236 e. The van der Waals surface area contributed by atoms with Gasteiger partial charge in [-0.05, 0) is 11.8 Å². The lowest BCUT2D eigenvalue weighted by Gasteiger charge is -2.23. The van der Waals surface area contributed by atoms with Crippen molar-refractivity contribution in [3.05, 3.63) is 35.9 Å². The number of carbonyl (C=O) groups excluding carboxylic acids is 1. The molecule has 1 amide bonds. The van der Waals surface area contributed by atoms with Crippen LogP contribution in [0.25, 0.3) is 0 Å². The molecule has 18 heavy (non-hydrogen) atoms. The normalized spacial score (nSPS) is 11.9. The third kappa shape index (κ3) is 3.99. The number of rotatable bonds is 6. The van der Waals surface area contributed by atoms with Crippen LogP contribution in [0.2, 0.25) is 0 Å². The van der Waals surface area contributed by atoms with Gasteiger partial charge in [-0.1, -0.05) is 42.5 Å². The van der Waals surface area contributed by atoms with Crippen LogP contribution in [0.15, 0.2) is 30.3 Å². The summed E-state index contributed by atoms with van der Waals surface area (Å²) in [6.45, 7) is 0.700. The lowest BCUT2D eigenvalue weighted by atomic mass is 9.98. The fourth-order valence-electron chi connectivity index (χ4n) is 1.63. The zero-order chi connectivity index (χ0) is 13.5. The van der Waals surface area contributed by atoms with Crippen LogP contribution >= 0.6 is 24.0 Å². The molecule has 0 aliphatic rings. The SMILES string of the molecule is CSCCN(C)C(=O)C(C(N)=S)c1ccccc1. The molecule has 1 aromatic carbocycles. The maximum atomic E-state index is 12.3. The van der Waals surface area contributed by atoms with Gasteiger partial charge in [0.1, 0.15) is 5.92 Å². The predicted octanol–water partition coefficient (Wildman–Crippen LogP) is 1.88. The first-order valence-electron chi connectivity index (χ1n) is 5.66. The van der Waals surface area contributed by atoms with Crippen molar-refractivity contribution in [1.29, 1.82) is 0 Å². The second kappa shape index (κ2) is 7.38. The number of hydrogen-bond acceptors (Lipinski definition) is 3. The van der Waals surface area contributed by atoms with Gasteiger partial charge in [0.25, 0.3) is 0 Å². The maximum absolute atomic E-state index is 12.3. The van der Waals surface area contributed by atoms with E-state index in [0.29, 0.717) is 6.54 Å². The number of amides is 1. The first-order valence-corrected chi connectivity index (χ1v) is 7.46. The van der Waals surface area contributed by atoms with Crippen molar-refractivity contribution in [2.24, 2.45) is 5.73 Å². The van der Waals surface area contributed by atoms with E-state index in [4.69, 9.17) is 18.0 Å². The Hall–Kier alpha value is -1.07. The van der Waals surface area contributed by atoms with Crippen LogP contribution < -0.4 is 5.73 Å². The van der Waals surface area contributed by atoms with Gasteiger partial charge in [-0.25, -0.2) is 0 Å². The second-order valence-electron chi connectivity index (χ2n) is 4.00. The first kappa shape index (κ1) is 15.0. The van der Waals surface area contributed by atoms with E-state index in [1.54, 1.807) is 23.7 Å². The van der Waals surface area contributed by atoms with Crippen molar-refractivity contribution in [3.8, 4) is 0 Å². The Morgan fingerprint density at radius 3 is 2.56 bits per heavy atom. The van der Waals surface area contributed by atoms with E-state index in [1.165, 1.54) is 0 Å². The van der Waals surface area contributed by atoms with Gasteiger partial charge in [0.2, 0.25) is 5.91 Å². The molecule has 5 heteroatoms. The minimum absolute atomic E-state index is 0.0391. The van der Waals surface area contributed by atoms with Gasteiger partial charge in [-0.2, -0.15) is 11.8 Å². The molecule has 0 fully saturated rings. The summed E-state index contributed by atoms with van der Waals surface area (Å²) in [5.74, 6) is 0.344. The smallest absolute Gasteiger partial charge is 0.236 e. The highest BCUT2D eigenvalue weighted by Gasteiger charge is 2.26. The minimum Gasteiger partial charge on any atom is -0.392 e. The summed E-state index contributed by atoms with van der Waals surface area (Å²) in [5, 5.41) is 0. The molecular weight excluding hydrogens is 264 g/mol. The molecule has 98 valence electrons. The molecule has 1 unspecified atom stereocenters. The minimum atomic E-state index is -0.520. The molecule has 1 aromatic rings. The van der Waals surface area contributed by atoms with Gasteiger partial charge < -0.3 is 10.6 Å². The van der Waals surface area contributed by atoms with Crippen LogP contribution in [0.1, 0.15) is 11.5 Å². The highest BCUT2D eigenvalue weighted by atomic mass is 32.2. The number of likely N-dealkylation sites (N-methyl/N-ethyl adjacent to an activating group) is 1. The van der Waals surface area contributed by atoms with E-state index in [1.807, 2.05) is 36.6 Å². The van der Waals surface area contributed by atoms with Crippen LogP contribution in [0.5, 0.6) is 0 Å². The van der Waals surface area contributed by atoms with E-state index in [2.05, 4.69) is 0 Å². The molecule has 0 aliphatic carbocycles. The predicted molar refractivity (Wildman–Crippen MR) is 82.0 cm³/mol. The molecule has 0 saturated heterocycles. The average molecular weight is 282 g/mol. The van der Waals surface area contributed by atoms with E-state index in [9.17, 15) is 4.79 Å². The molecule has 0 heterocycles. The molecule has 2 N–H and O–H groups in total. The van der Waals surface area contributed by atoms with Crippen molar-refractivity contribution in [2.75, 3.05) is 25.6 Å². The summed E-state index contributed by atoms with van der Waals surface area (Å²) in [6, 6.07) is 9.43. The van der Waals surface area contributed by atoms with Gasteiger partial charge in [0, 0.05) is 19.3 Å². The molecular formula is C13H18N2OS2. The highest BCUT2D eigenvalue weighted by Crippen LogP contribution is 2.18. The Bertz CT molecular complexity index is 409. The highest BCUT2D eigenvalue weighted by molar-refractivity contribution is 7.98. The zero-order valence-corrected chi connectivity index (χ0v) is 12.3. The Kier molecular flexibility index (Phi) is 6.15. The van der Waals surface area contributed by atoms with E-state index in [0.717, 1.165) is 11.3 Å². The number of thioether (sulfide) groups is 1. The average Bonchev–Trinajstić information content (AvgIpc) is 2.36. The third-order valence-corrected chi connectivity index (χ3v) is 3.50. The topological polar surface area (TPSA) is 46.3 Å². The molecule has 0 radical (unpaired) electrons. The Balaban J connectivity index is 2.86. The molecule has 1 rings (SSSR count). The Morgan fingerprint density at radius 1 is 1.44 bits per heavy atom. The monoisotopic (exact) mass is 282 g/mol. The summed E-state index contributed by atoms with van der Waals surface area (Å²) in [5.41, 5.74) is 6.57. The summed E-state index contributed by atoms with van der Waals surface area (Å²) in [7, 11) is 1.78. The number of thiocarbonyl (C=S) groups is 1. The molecule has 0 bridgehead atoms. The molecule has 0 spiro atoms. The largest absolute Gasteiger partial charge is 0.392 e. The van der Waals surface area contributed by atoms with Gasteiger partial charge >= 0.3 is 0 Å². The Morgan fingerprint density at radius 2 is 2.06 bits per heavy atom. The summed E-state index contributed by atoms with van der Waals surface area (Å²) < 4.78 is 0. The number of carbonyl (C=O) groups is 1. The van der Waals surface area contributed by atoms with E-state index >= 15 is 0 Å². The summed E-state index contributed by atoms with van der Waals surface area (Å²) in [6.07, 6.45) is 2.01. The molecule has 0 saturated carbocycles. The third-order valence-electron chi connectivity index (χ3n) is 2.67. The van der Waals surface area contributed by atoms with Crippen molar-refractivity contribution in [3.63, 3.8) is 0 Å². The van der Waals surface area contributed by atoms with Crippen LogP contribution in [-0.4, -0.2) is 41.4 Å². The quantitative estimate of drug-likeness (QED) is 0.809. The number of hydrogen-bond donors (Lipinski definition) is 1.